The Labute approximate surface area is 74.3 Å². The summed E-state index contributed by atoms with van der Waals surface area (Å²) in [5.41, 5.74) is 0. The fourth-order valence-electron chi connectivity index (χ4n) is 1.58. The molecule has 6 nitrogen and oxygen atoms in total. The van der Waals surface area contributed by atoms with E-state index in [2.05, 4.69) is 10.6 Å². The molecule has 2 rings (SSSR count). The van der Waals surface area contributed by atoms with Gasteiger partial charge in [0.05, 0.1) is 6.42 Å². The van der Waals surface area contributed by atoms with Gasteiger partial charge in [0.1, 0.15) is 6.04 Å². The average Bonchev–Trinajstić information content (AvgIpc) is 2.07. The van der Waals surface area contributed by atoms with Gasteiger partial charge in [0.25, 0.3) is 0 Å². The second kappa shape index (κ2) is 2.72. The lowest BCUT2D eigenvalue weighted by Gasteiger charge is -2.37. The molecule has 2 aliphatic heterocycles. The Morgan fingerprint density at radius 2 is 2.08 bits per heavy atom. The minimum absolute atomic E-state index is 0.0670. The maximum atomic E-state index is 11.2. The van der Waals surface area contributed by atoms with Gasteiger partial charge in [0.2, 0.25) is 11.8 Å². The fourth-order valence-corrected chi connectivity index (χ4v) is 1.58. The predicted octanol–water partition coefficient (Wildman–Crippen LogP) is -1.57. The third kappa shape index (κ3) is 1.24. The lowest BCUT2D eigenvalue weighted by Crippen LogP contribution is -2.64. The summed E-state index contributed by atoms with van der Waals surface area (Å²) in [6, 6.07) is -1.06. The predicted molar refractivity (Wildman–Crippen MR) is 41.7 cm³/mol. The van der Waals surface area contributed by atoms with E-state index in [0.29, 0.717) is 13.1 Å². The normalized spacial score (nSPS) is 27.8. The summed E-state index contributed by atoms with van der Waals surface area (Å²) < 4.78 is 0. The van der Waals surface area contributed by atoms with E-state index in [0.717, 1.165) is 0 Å². The fraction of sp³-hybridized carbons (Fsp3) is 0.571. The highest BCUT2D eigenvalue weighted by molar-refractivity contribution is 6.02. The lowest BCUT2D eigenvalue weighted by molar-refractivity contribution is -0.134. The van der Waals surface area contributed by atoms with Crippen LogP contribution in [0.1, 0.15) is 6.42 Å². The zero-order chi connectivity index (χ0) is 9.42. The van der Waals surface area contributed by atoms with E-state index in [1.165, 1.54) is 4.90 Å². The van der Waals surface area contributed by atoms with E-state index >= 15 is 0 Å². The van der Waals surface area contributed by atoms with Crippen LogP contribution in [0, 0.1) is 0 Å². The number of rotatable bonds is 0. The van der Waals surface area contributed by atoms with Gasteiger partial charge in [0, 0.05) is 13.1 Å². The number of hydrogen-bond acceptors (Lipinski definition) is 3. The van der Waals surface area contributed by atoms with Crippen molar-refractivity contribution in [3.63, 3.8) is 0 Å². The highest BCUT2D eigenvalue weighted by Crippen LogP contribution is 2.12. The zero-order valence-electron chi connectivity index (χ0n) is 6.87. The van der Waals surface area contributed by atoms with E-state index in [-0.39, 0.29) is 18.2 Å². The molecule has 2 saturated heterocycles. The Bertz CT molecular complexity index is 289. The molecule has 4 amide bonds. The Balaban J connectivity index is 2.22. The average molecular weight is 183 g/mol. The van der Waals surface area contributed by atoms with Gasteiger partial charge in [-0.25, -0.2) is 4.79 Å². The smallest absolute Gasteiger partial charge is 0.324 e. The molecule has 70 valence electrons. The third-order valence-corrected chi connectivity index (χ3v) is 2.22. The first kappa shape index (κ1) is 8.03. The molecule has 0 bridgehead atoms. The van der Waals surface area contributed by atoms with Crippen molar-refractivity contribution in [1.29, 1.82) is 0 Å². The summed E-state index contributed by atoms with van der Waals surface area (Å²) in [4.78, 5) is 34.8. The van der Waals surface area contributed by atoms with E-state index in [1.54, 1.807) is 0 Å². The molecule has 0 aromatic rings. The molecule has 0 radical (unpaired) electrons. The van der Waals surface area contributed by atoms with Crippen molar-refractivity contribution in [3.8, 4) is 0 Å². The lowest BCUT2D eigenvalue weighted by atomic mass is 10.1. The molecule has 13 heavy (non-hydrogen) atoms. The second-order valence-electron chi connectivity index (χ2n) is 3.06. The van der Waals surface area contributed by atoms with E-state index in [4.69, 9.17) is 0 Å². The molecule has 2 heterocycles. The molecular formula is C7H9N3O3. The summed E-state index contributed by atoms with van der Waals surface area (Å²) >= 11 is 0. The Morgan fingerprint density at radius 3 is 2.85 bits per heavy atom. The molecule has 0 saturated carbocycles. The van der Waals surface area contributed by atoms with Gasteiger partial charge in [-0.05, 0) is 0 Å². The van der Waals surface area contributed by atoms with Gasteiger partial charge in [-0.15, -0.1) is 0 Å². The first-order valence-electron chi connectivity index (χ1n) is 4.06. The van der Waals surface area contributed by atoms with Crippen molar-refractivity contribution >= 4 is 17.8 Å². The first-order valence-corrected chi connectivity index (χ1v) is 4.06. The van der Waals surface area contributed by atoms with Crippen LogP contribution in [0.5, 0.6) is 0 Å². The maximum Gasteiger partial charge on any atom is 0.324 e. The molecular weight excluding hydrogens is 174 g/mol. The molecule has 6 heteroatoms. The number of nitrogens with zero attached hydrogens (tertiary/aromatic N) is 1. The SMILES string of the molecule is O=C1CC2C(=O)NCCN2C(=O)N1. The van der Waals surface area contributed by atoms with Gasteiger partial charge < -0.3 is 10.2 Å². The van der Waals surface area contributed by atoms with Crippen molar-refractivity contribution in [3.05, 3.63) is 0 Å². The number of piperazine rings is 1. The second-order valence-corrected chi connectivity index (χ2v) is 3.06. The van der Waals surface area contributed by atoms with Crippen LogP contribution in [-0.2, 0) is 9.59 Å². The van der Waals surface area contributed by atoms with Crippen molar-refractivity contribution in [1.82, 2.24) is 15.5 Å². The number of amides is 4. The van der Waals surface area contributed by atoms with Crippen LogP contribution < -0.4 is 10.6 Å². The number of carbonyl (C=O) groups excluding carboxylic acids is 3. The first-order chi connectivity index (χ1) is 6.18. The molecule has 0 spiro atoms. The molecule has 2 N–H and O–H groups in total. The van der Waals surface area contributed by atoms with E-state index in [1.807, 2.05) is 0 Å². The number of hydrogen-bond donors (Lipinski definition) is 2. The van der Waals surface area contributed by atoms with Crippen LogP contribution in [0.2, 0.25) is 0 Å². The van der Waals surface area contributed by atoms with Gasteiger partial charge in [-0.2, -0.15) is 0 Å². The van der Waals surface area contributed by atoms with Crippen LogP contribution >= 0.6 is 0 Å². The number of imide groups is 1. The molecule has 0 aliphatic carbocycles. The maximum absolute atomic E-state index is 11.2. The van der Waals surface area contributed by atoms with Crippen molar-refractivity contribution in [2.75, 3.05) is 13.1 Å². The molecule has 1 unspecified atom stereocenters. The van der Waals surface area contributed by atoms with Crippen LogP contribution in [-0.4, -0.2) is 41.9 Å². The van der Waals surface area contributed by atoms with Crippen molar-refractivity contribution in [2.45, 2.75) is 12.5 Å². The van der Waals surface area contributed by atoms with Crippen LogP contribution in [0.25, 0.3) is 0 Å². The van der Waals surface area contributed by atoms with Crippen molar-refractivity contribution in [2.24, 2.45) is 0 Å². The zero-order valence-corrected chi connectivity index (χ0v) is 6.87. The van der Waals surface area contributed by atoms with Gasteiger partial charge in [0.15, 0.2) is 0 Å². The summed E-state index contributed by atoms with van der Waals surface area (Å²) in [7, 11) is 0. The Kier molecular flexibility index (Phi) is 1.68. The molecule has 1 atom stereocenters. The highest BCUT2D eigenvalue weighted by Gasteiger charge is 2.38. The Hall–Kier alpha value is -1.59. The summed E-state index contributed by atoms with van der Waals surface area (Å²) in [5.74, 6) is -0.627. The number of fused-ring (bicyclic) bond motifs is 1. The minimum atomic E-state index is -0.602. The largest absolute Gasteiger partial charge is 0.353 e. The quantitative estimate of drug-likeness (QED) is 0.476. The standard InChI is InChI=1S/C7H9N3O3/c11-5-3-4-6(12)8-1-2-10(4)7(13)9-5/h4H,1-3H2,(H,8,12)(H,9,11,13). The summed E-state index contributed by atoms with van der Waals surface area (Å²) in [5, 5.41) is 4.78. The highest BCUT2D eigenvalue weighted by atomic mass is 16.2. The van der Waals surface area contributed by atoms with E-state index in [9.17, 15) is 14.4 Å². The van der Waals surface area contributed by atoms with Crippen LogP contribution in [0.4, 0.5) is 4.79 Å². The van der Waals surface area contributed by atoms with Gasteiger partial charge in [-0.1, -0.05) is 0 Å². The monoisotopic (exact) mass is 183 g/mol. The Morgan fingerprint density at radius 1 is 1.31 bits per heavy atom. The topological polar surface area (TPSA) is 78.5 Å². The number of nitrogens with one attached hydrogen (secondary N) is 2. The van der Waals surface area contributed by atoms with Crippen molar-refractivity contribution < 1.29 is 14.4 Å². The molecule has 2 fully saturated rings. The number of carbonyl (C=O) groups is 3. The number of urea groups is 1. The summed E-state index contributed by atoms with van der Waals surface area (Å²) in [6.45, 7) is 0.923. The molecule has 2 aliphatic rings. The molecule has 0 aromatic heterocycles. The minimum Gasteiger partial charge on any atom is -0.353 e. The third-order valence-electron chi connectivity index (χ3n) is 2.22. The summed E-state index contributed by atoms with van der Waals surface area (Å²) in [6.07, 6.45) is 0.0670. The molecule has 0 aromatic carbocycles. The van der Waals surface area contributed by atoms with Crippen LogP contribution in [0.15, 0.2) is 0 Å². The van der Waals surface area contributed by atoms with Gasteiger partial charge >= 0.3 is 6.03 Å². The van der Waals surface area contributed by atoms with E-state index < -0.39 is 12.1 Å². The van der Waals surface area contributed by atoms with Crippen LogP contribution in [0.3, 0.4) is 0 Å². The van der Waals surface area contributed by atoms with Gasteiger partial charge in [-0.3, -0.25) is 14.9 Å².